The molecule has 17 heavy (non-hydrogen) atoms. The van der Waals surface area contributed by atoms with Crippen molar-refractivity contribution in [2.45, 2.75) is 13.0 Å². The summed E-state index contributed by atoms with van der Waals surface area (Å²) in [5.41, 5.74) is 7.27. The minimum absolute atomic E-state index is 0.273. The monoisotopic (exact) mass is 252 g/mol. The molecule has 0 spiro atoms. The predicted molar refractivity (Wildman–Crippen MR) is 67.7 cm³/mol. The van der Waals surface area contributed by atoms with Crippen LogP contribution in [0.2, 0.25) is 5.02 Å². The summed E-state index contributed by atoms with van der Waals surface area (Å²) < 4.78 is 15.6. The van der Waals surface area contributed by atoms with E-state index in [1.54, 1.807) is 12.1 Å². The lowest BCUT2D eigenvalue weighted by molar-refractivity contribution is 0.596. The van der Waals surface area contributed by atoms with Gasteiger partial charge in [-0.05, 0) is 37.2 Å². The van der Waals surface area contributed by atoms with Crippen molar-refractivity contribution in [3.05, 3.63) is 58.6 Å². The Morgan fingerprint density at radius 1 is 1.29 bits per heavy atom. The van der Waals surface area contributed by atoms with Crippen LogP contribution in [-0.4, -0.2) is 11.1 Å². The van der Waals surface area contributed by atoms with Crippen molar-refractivity contribution in [2.75, 3.05) is 6.54 Å². The average Bonchev–Trinajstić information content (AvgIpc) is 2.71. The van der Waals surface area contributed by atoms with Gasteiger partial charge in [0.05, 0.1) is 6.54 Å². The van der Waals surface area contributed by atoms with Crippen molar-refractivity contribution >= 4 is 11.6 Å². The highest BCUT2D eigenvalue weighted by Gasteiger charge is 2.06. The van der Waals surface area contributed by atoms with Gasteiger partial charge >= 0.3 is 0 Å². The van der Waals surface area contributed by atoms with Crippen LogP contribution in [0.5, 0.6) is 0 Å². The maximum Gasteiger partial charge on any atom is 0.129 e. The minimum atomic E-state index is -0.273. The Kier molecular flexibility index (Phi) is 3.82. The van der Waals surface area contributed by atoms with Crippen LogP contribution < -0.4 is 5.73 Å². The molecule has 0 amide bonds. The molecule has 1 aromatic heterocycles. The summed E-state index contributed by atoms with van der Waals surface area (Å²) in [4.78, 5) is 0. The van der Waals surface area contributed by atoms with Crippen molar-refractivity contribution in [1.82, 2.24) is 4.57 Å². The van der Waals surface area contributed by atoms with Gasteiger partial charge in [-0.3, -0.25) is 0 Å². The second kappa shape index (κ2) is 5.34. The van der Waals surface area contributed by atoms with Crippen molar-refractivity contribution in [3.8, 4) is 0 Å². The van der Waals surface area contributed by atoms with Gasteiger partial charge in [0.25, 0.3) is 0 Å². The quantitative estimate of drug-likeness (QED) is 0.891. The van der Waals surface area contributed by atoms with Gasteiger partial charge in [-0.25, -0.2) is 4.39 Å². The average molecular weight is 253 g/mol. The van der Waals surface area contributed by atoms with Crippen molar-refractivity contribution < 1.29 is 4.39 Å². The highest BCUT2D eigenvalue weighted by atomic mass is 35.5. The van der Waals surface area contributed by atoms with E-state index in [2.05, 4.69) is 0 Å². The fourth-order valence-electron chi connectivity index (χ4n) is 1.81. The topological polar surface area (TPSA) is 30.9 Å². The normalized spacial score (nSPS) is 10.8. The van der Waals surface area contributed by atoms with Crippen LogP contribution in [0.25, 0.3) is 0 Å². The van der Waals surface area contributed by atoms with Crippen LogP contribution >= 0.6 is 11.6 Å². The number of nitrogens with two attached hydrogens (primary N) is 1. The van der Waals surface area contributed by atoms with Crippen LogP contribution in [0.3, 0.4) is 0 Å². The third kappa shape index (κ3) is 2.87. The minimum Gasteiger partial charge on any atom is -0.347 e. The molecule has 2 nitrogen and oxygen atoms in total. The molecule has 0 unspecified atom stereocenters. The SMILES string of the molecule is NCCc1cccn1Cc1ccc(Cl)cc1F. The number of halogens is 2. The number of hydrogen-bond acceptors (Lipinski definition) is 1. The van der Waals surface area contributed by atoms with Gasteiger partial charge in [-0.1, -0.05) is 17.7 Å². The first-order valence-corrected chi connectivity index (χ1v) is 5.86. The molecule has 0 saturated heterocycles. The third-order valence-corrected chi connectivity index (χ3v) is 2.91. The van der Waals surface area contributed by atoms with E-state index in [0.29, 0.717) is 23.7 Å². The molecular formula is C13H14ClFN2. The van der Waals surface area contributed by atoms with E-state index in [9.17, 15) is 4.39 Å². The van der Waals surface area contributed by atoms with E-state index >= 15 is 0 Å². The summed E-state index contributed by atoms with van der Waals surface area (Å²) in [6.07, 6.45) is 2.72. The smallest absolute Gasteiger partial charge is 0.129 e. The zero-order chi connectivity index (χ0) is 12.3. The number of nitrogens with zero attached hydrogens (tertiary/aromatic N) is 1. The fourth-order valence-corrected chi connectivity index (χ4v) is 1.97. The molecule has 2 aromatic rings. The lowest BCUT2D eigenvalue weighted by Gasteiger charge is -2.09. The lowest BCUT2D eigenvalue weighted by Crippen LogP contribution is -2.09. The Labute approximate surface area is 105 Å². The summed E-state index contributed by atoms with van der Waals surface area (Å²) in [6, 6.07) is 8.69. The standard InChI is InChI=1S/C13H14ClFN2/c14-11-4-3-10(13(15)8-11)9-17-7-1-2-12(17)5-6-16/h1-4,7-8H,5-6,9,16H2. The molecule has 0 saturated carbocycles. The van der Waals surface area contributed by atoms with Gasteiger partial charge in [0.2, 0.25) is 0 Å². The van der Waals surface area contributed by atoms with Crippen LogP contribution in [0.4, 0.5) is 4.39 Å². The molecule has 0 aliphatic heterocycles. The Bertz CT molecular complexity index is 508. The lowest BCUT2D eigenvalue weighted by atomic mass is 10.2. The highest BCUT2D eigenvalue weighted by Crippen LogP contribution is 2.16. The van der Waals surface area contributed by atoms with Crippen LogP contribution in [0, 0.1) is 5.82 Å². The first kappa shape index (κ1) is 12.1. The van der Waals surface area contributed by atoms with E-state index in [1.807, 2.05) is 22.9 Å². The van der Waals surface area contributed by atoms with Gasteiger partial charge in [-0.2, -0.15) is 0 Å². The summed E-state index contributed by atoms with van der Waals surface area (Å²) in [7, 11) is 0. The third-order valence-electron chi connectivity index (χ3n) is 2.68. The first-order valence-electron chi connectivity index (χ1n) is 5.48. The highest BCUT2D eigenvalue weighted by molar-refractivity contribution is 6.30. The fraction of sp³-hybridized carbons (Fsp3) is 0.231. The van der Waals surface area contributed by atoms with E-state index in [0.717, 1.165) is 12.1 Å². The summed E-state index contributed by atoms with van der Waals surface area (Å²) in [6.45, 7) is 1.10. The molecule has 0 bridgehead atoms. The molecule has 2 rings (SSSR count). The van der Waals surface area contributed by atoms with E-state index < -0.39 is 0 Å². The first-order chi connectivity index (χ1) is 8.20. The number of rotatable bonds is 4. The van der Waals surface area contributed by atoms with Gasteiger partial charge < -0.3 is 10.3 Å². The van der Waals surface area contributed by atoms with Gasteiger partial charge in [-0.15, -0.1) is 0 Å². The molecule has 0 fully saturated rings. The Balaban J connectivity index is 2.22. The summed E-state index contributed by atoms with van der Waals surface area (Å²) >= 11 is 5.72. The maximum absolute atomic E-state index is 13.6. The van der Waals surface area contributed by atoms with Gasteiger partial charge in [0.15, 0.2) is 0 Å². The Hall–Kier alpha value is -1.32. The molecule has 2 N–H and O–H groups in total. The Morgan fingerprint density at radius 3 is 2.82 bits per heavy atom. The van der Waals surface area contributed by atoms with Gasteiger partial charge in [0, 0.05) is 22.5 Å². The van der Waals surface area contributed by atoms with Crippen molar-refractivity contribution in [2.24, 2.45) is 5.73 Å². The van der Waals surface area contributed by atoms with E-state index in [1.165, 1.54) is 6.07 Å². The zero-order valence-corrected chi connectivity index (χ0v) is 10.1. The van der Waals surface area contributed by atoms with E-state index in [-0.39, 0.29) is 5.82 Å². The molecule has 90 valence electrons. The molecule has 1 aromatic carbocycles. The molecule has 0 radical (unpaired) electrons. The zero-order valence-electron chi connectivity index (χ0n) is 9.37. The predicted octanol–water partition coefficient (Wildman–Crippen LogP) is 2.83. The van der Waals surface area contributed by atoms with Crippen molar-refractivity contribution in [3.63, 3.8) is 0 Å². The number of aromatic nitrogens is 1. The molecular weight excluding hydrogens is 239 g/mol. The second-order valence-electron chi connectivity index (χ2n) is 3.90. The Morgan fingerprint density at radius 2 is 2.12 bits per heavy atom. The summed E-state index contributed by atoms with van der Waals surface area (Å²) in [5, 5.41) is 0.418. The molecule has 0 aliphatic rings. The maximum atomic E-state index is 13.6. The number of benzene rings is 1. The molecule has 0 aliphatic carbocycles. The van der Waals surface area contributed by atoms with Crippen LogP contribution in [-0.2, 0) is 13.0 Å². The number of hydrogen-bond donors (Lipinski definition) is 1. The second-order valence-corrected chi connectivity index (χ2v) is 4.34. The summed E-state index contributed by atoms with van der Waals surface area (Å²) in [5.74, 6) is -0.273. The van der Waals surface area contributed by atoms with E-state index in [4.69, 9.17) is 17.3 Å². The molecule has 0 atom stereocenters. The van der Waals surface area contributed by atoms with Crippen LogP contribution in [0.15, 0.2) is 36.5 Å². The van der Waals surface area contributed by atoms with Gasteiger partial charge in [0.1, 0.15) is 5.82 Å². The largest absolute Gasteiger partial charge is 0.347 e. The van der Waals surface area contributed by atoms with Crippen molar-refractivity contribution in [1.29, 1.82) is 0 Å². The molecule has 4 heteroatoms. The van der Waals surface area contributed by atoms with Crippen LogP contribution in [0.1, 0.15) is 11.3 Å². The molecule has 1 heterocycles.